The topological polar surface area (TPSA) is 73.6 Å². The molecule has 4 rings (SSSR count). The highest BCUT2D eigenvalue weighted by Gasteiger charge is 2.50. The largest absolute Gasteiger partial charge is 0.469 e. The highest BCUT2D eigenvalue weighted by atomic mass is 16.5. The van der Waals surface area contributed by atoms with Crippen molar-refractivity contribution in [3.05, 3.63) is 71.3 Å². The Morgan fingerprint density at radius 2 is 1.90 bits per heavy atom. The molecule has 2 saturated heterocycles. The number of esters is 1. The molecule has 0 unspecified atom stereocenters. The summed E-state index contributed by atoms with van der Waals surface area (Å²) >= 11 is 0. The Bertz CT molecular complexity index is 936. The summed E-state index contributed by atoms with van der Waals surface area (Å²) in [5.74, 6) is -0.582. The first-order chi connectivity index (χ1) is 14.1. The summed E-state index contributed by atoms with van der Waals surface area (Å²) < 4.78 is 5.05. The molecule has 0 bridgehead atoms. The van der Waals surface area contributed by atoms with E-state index in [0.29, 0.717) is 31.6 Å². The zero-order chi connectivity index (χ0) is 20.4. The van der Waals surface area contributed by atoms with Crippen molar-refractivity contribution in [1.82, 2.24) is 9.80 Å². The summed E-state index contributed by atoms with van der Waals surface area (Å²) in [4.78, 5) is 29.6. The maximum atomic E-state index is 13.1. The van der Waals surface area contributed by atoms with Crippen LogP contribution in [0.5, 0.6) is 0 Å². The lowest BCUT2D eigenvalue weighted by Gasteiger charge is -2.40. The third-order valence-electron chi connectivity index (χ3n) is 5.85. The molecule has 0 aromatic heterocycles. The molecule has 2 aromatic rings. The number of piperazine rings is 1. The number of carbonyl (C=O) groups is 2. The minimum Gasteiger partial charge on any atom is -0.469 e. The van der Waals surface area contributed by atoms with Gasteiger partial charge in [-0.2, -0.15) is 5.26 Å². The Balaban J connectivity index is 1.55. The second-order valence-corrected chi connectivity index (χ2v) is 7.65. The molecule has 0 radical (unpaired) electrons. The smallest absolute Gasteiger partial charge is 0.311 e. The molecule has 6 nitrogen and oxygen atoms in total. The minimum atomic E-state index is -0.355. The Hall–Kier alpha value is -3.17. The first-order valence-corrected chi connectivity index (χ1v) is 9.76. The van der Waals surface area contributed by atoms with E-state index >= 15 is 0 Å². The second kappa shape index (κ2) is 8.06. The predicted molar refractivity (Wildman–Crippen MR) is 106 cm³/mol. The maximum absolute atomic E-state index is 13.1. The summed E-state index contributed by atoms with van der Waals surface area (Å²) in [6, 6.07) is 19.0. The molecule has 2 aliphatic heterocycles. The fourth-order valence-electron chi connectivity index (χ4n) is 4.60. The van der Waals surface area contributed by atoms with Gasteiger partial charge in [0.05, 0.1) is 37.2 Å². The number of rotatable bonds is 4. The number of fused-ring (bicyclic) bond motifs is 1. The van der Waals surface area contributed by atoms with Gasteiger partial charge in [0.25, 0.3) is 0 Å². The van der Waals surface area contributed by atoms with E-state index in [1.54, 1.807) is 12.1 Å². The Labute approximate surface area is 170 Å². The number of carbonyl (C=O) groups excluding carboxylic acids is 2. The van der Waals surface area contributed by atoms with Gasteiger partial charge >= 0.3 is 5.97 Å². The summed E-state index contributed by atoms with van der Waals surface area (Å²) in [5.41, 5.74) is 2.66. The fourth-order valence-corrected chi connectivity index (χ4v) is 4.60. The lowest BCUT2D eigenvalue weighted by Crippen LogP contribution is -2.53. The molecule has 2 heterocycles. The van der Waals surface area contributed by atoms with Gasteiger partial charge in [0.1, 0.15) is 0 Å². The molecule has 0 spiro atoms. The van der Waals surface area contributed by atoms with Crippen LogP contribution in [0.25, 0.3) is 0 Å². The van der Waals surface area contributed by atoms with Crippen LogP contribution >= 0.6 is 0 Å². The van der Waals surface area contributed by atoms with E-state index in [1.165, 1.54) is 7.11 Å². The molecule has 148 valence electrons. The number of benzene rings is 2. The summed E-state index contributed by atoms with van der Waals surface area (Å²) in [5, 5.41) is 8.95. The van der Waals surface area contributed by atoms with Crippen LogP contribution in [-0.4, -0.2) is 47.9 Å². The third-order valence-corrected chi connectivity index (χ3v) is 5.85. The summed E-state index contributed by atoms with van der Waals surface area (Å²) in [6.45, 7) is 1.66. The van der Waals surface area contributed by atoms with Crippen molar-refractivity contribution in [2.45, 2.75) is 25.0 Å². The first-order valence-electron chi connectivity index (χ1n) is 9.76. The molecule has 29 heavy (non-hydrogen) atoms. The highest BCUT2D eigenvalue weighted by molar-refractivity contribution is 5.83. The highest BCUT2D eigenvalue weighted by Crippen LogP contribution is 2.43. The third kappa shape index (κ3) is 3.74. The lowest BCUT2D eigenvalue weighted by atomic mass is 9.93. The Kier molecular flexibility index (Phi) is 5.32. The average molecular weight is 389 g/mol. The van der Waals surface area contributed by atoms with E-state index in [9.17, 15) is 9.59 Å². The Morgan fingerprint density at radius 1 is 1.17 bits per heavy atom. The zero-order valence-electron chi connectivity index (χ0n) is 16.3. The second-order valence-electron chi connectivity index (χ2n) is 7.65. The van der Waals surface area contributed by atoms with E-state index in [0.717, 1.165) is 11.1 Å². The maximum Gasteiger partial charge on any atom is 0.311 e. The van der Waals surface area contributed by atoms with Crippen molar-refractivity contribution in [3.8, 4) is 6.07 Å². The quantitative estimate of drug-likeness (QED) is 0.751. The van der Waals surface area contributed by atoms with Crippen molar-refractivity contribution in [2.75, 3.05) is 20.2 Å². The van der Waals surface area contributed by atoms with Crippen LogP contribution in [0.4, 0.5) is 0 Å². The molecule has 2 aliphatic rings. The molecule has 0 aliphatic carbocycles. The number of nitriles is 1. The van der Waals surface area contributed by atoms with E-state index < -0.39 is 0 Å². The van der Waals surface area contributed by atoms with Gasteiger partial charge in [-0.3, -0.25) is 14.5 Å². The van der Waals surface area contributed by atoms with Crippen LogP contribution < -0.4 is 0 Å². The van der Waals surface area contributed by atoms with Gasteiger partial charge in [0, 0.05) is 19.1 Å². The molecule has 1 amide bonds. The number of amides is 1. The number of nitrogens with zero attached hydrogens (tertiary/aromatic N) is 3. The van der Waals surface area contributed by atoms with Crippen molar-refractivity contribution >= 4 is 11.9 Å². The molecule has 2 fully saturated rings. The van der Waals surface area contributed by atoms with Crippen LogP contribution in [0.2, 0.25) is 0 Å². The molecule has 3 atom stereocenters. The van der Waals surface area contributed by atoms with Crippen LogP contribution in [-0.2, 0) is 20.9 Å². The van der Waals surface area contributed by atoms with Gasteiger partial charge < -0.3 is 9.64 Å². The SMILES string of the molecule is COC(=O)[C@H]1C[C@H]2CN(Cc3ccc(C#N)cc3)CC(=O)N2[C@H]1c1ccccc1. The standard InChI is InChI=1S/C23H23N3O3/c1-29-23(28)20-11-19-14-25(13-17-9-7-16(12-24)8-10-17)15-21(27)26(19)22(20)18-5-3-2-4-6-18/h2-10,19-20,22H,11,13-15H2,1H3/t19-,20-,22-/m0/s1. The monoisotopic (exact) mass is 389 g/mol. The number of methoxy groups -OCH3 is 1. The van der Waals surface area contributed by atoms with Gasteiger partial charge in [0.15, 0.2) is 0 Å². The minimum absolute atomic E-state index is 0.0241. The molecule has 2 aromatic carbocycles. The van der Waals surface area contributed by atoms with Crippen LogP contribution in [0, 0.1) is 17.2 Å². The summed E-state index contributed by atoms with van der Waals surface area (Å²) in [7, 11) is 1.40. The van der Waals surface area contributed by atoms with Crippen molar-refractivity contribution in [2.24, 2.45) is 5.92 Å². The van der Waals surface area contributed by atoms with Gasteiger partial charge in [-0.05, 0) is 29.7 Å². The number of ether oxygens (including phenoxy) is 1. The molecular formula is C23H23N3O3. The number of hydrogen-bond acceptors (Lipinski definition) is 5. The van der Waals surface area contributed by atoms with Gasteiger partial charge in [-0.1, -0.05) is 42.5 Å². The van der Waals surface area contributed by atoms with E-state index in [2.05, 4.69) is 11.0 Å². The van der Waals surface area contributed by atoms with Gasteiger partial charge in [0.2, 0.25) is 5.91 Å². The molecule has 6 heteroatoms. The zero-order valence-corrected chi connectivity index (χ0v) is 16.3. The molecule has 0 N–H and O–H groups in total. The van der Waals surface area contributed by atoms with Crippen molar-refractivity contribution < 1.29 is 14.3 Å². The summed E-state index contributed by atoms with van der Waals surface area (Å²) in [6.07, 6.45) is 0.599. The molecular weight excluding hydrogens is 366 g/mol. The van der Waals surface area contributed by atoms with Gasteiger partial charge in [-0.25, -0.2) is 0 Å². The van der Waals surface area contributed by atoms with E-state index in [1.807, 2.05) is 47.4 Å². The van der Waals surface area contributed by atoms with E-state index in [-0.39, 0.29) is 29.9 Å². The van der Waals surface area contributed by atoms with Crippen LogP contribution in [0.15, 0.2) is 54.6 Å². The van der Waals surface area contributed by atoms with Crippen LogP contribution in [0.3, 0.4) is 0 Å². The lowest BCUT2D eigenvalue weighted by molar-refractivity contribution is -0.147. The molecule has 0 saturated carbocycles. The van der Waals surface area contributed by atoms with E-state index in [4.69, 9.17) is 10.00 Å². The van der Waals surface area contributed by atoms with Crippen LogP contribution in [0.1, 0.15) is 29.2 Å². The number of hydrogen-bond donors (Lipinski definition) is 0. The average Bonchev–Trinajstić information content (AvgIpc) is 3.14. The normalized spacial score (nSPS) is 24.1. The van der Waals surface area contributed by atoms with Gasteiger partial charge in [-0.15, -0.1) is 0 Å². The fraction of sp³-hybridized carbons (Fsp3) is 0.348. The predicted octanol–water partition coefficient (Wildman–Crippen LogP) is 2.51. The first kappa shape index (κ1) is 19.2. The van der Waals surface area contributed by atoms with Crippen molar-refractivity contribution in [3.63, 3.8) is 0 Å². The Morgan fingerprint density at radius 3 is 2.55 bits per heavy atom. The van der Waals surface area contributed by atoms with Crippen molar-refractivity contribution in [1.29, 1.82) is 5.26 Å².